The van der Waals surface area contributed by atoms with Crippen LogP contribution in [0.4, 0.5) is 9.59 Å². The van der Waals surface area contributed by atoms with Crippen molar-refractivity contribution in [2.75, 3.05) is 13.1 Å². The van der Waals surface area contributed by atoms with Gasteiger partial charge in [0, 0.05) is 36.5 Å². The highest BCUT2D eigenvalue weighted by atomic mass is 16.6. The highest BCUT2D eigenvalue weighted by Gasteiger charge is 2.46. The highest BCUT2D eigenvalue weighted by molar-refractivity contribution is 5.99. The van der Waals surface area contributed by atoms with Gasteiger partial charge < -0.3 is 60.7 Å². The molecule has 21 nitrogen and oxygen atoms in total. The zero-order valence-corrected chi connectivity index (χ0v) is 46.0. The Bertz CT molecular complexity index is 2960. The smallest absolute Gasteiger partial charge is 0.408 e. The number of hydrogen-bond donors (Lipinski definition) is 7. The summed E-state index contributed by atoms with van der Waals surface area (Å²) < 4.78 is 22.4. The Morgan fingerprint density at radius 3 is 1.83 bits per heavy atom. The van der Waals surface area contributed by atoms with Crippen LogP contribution in [0.2, 0.25) is 0 Å². The lowest BCUT2D eigenvalue weighted by Gasteiger charge is -2.30. The molecule has 0 saturated carbocycles. The van der Waals surface area contributed by atoms with Crippen LogP contribution in [0, 0.1) is 11.8 Å². The lowest BCUT2D eigenvalue weighted by molar-refractivity contribution is -0.152. The van der Waals surface area contributed by atoms with Crippen LogP contribution in [0.15, 0.2) is 121 Å². The summed E-state index contributed by atoms with van der Waals surface area (Å²) in [6.45, 7) is 6.65. The van der Waals surface area contributed by atoms with Crippen molar-refractivity contribution >= 4 is 64.6 Å². The molecule has 2 saturated heterocycles. The molecule has 7 amide bonds. The van der Waals surface area contributed by atoms with E-state index in [9.17, 15) is 38.4 Å². The molecule has 1 aromatic heterocycles. The Labute approximate surface area is 470 Å². The summed E-state index contributed by atoms with van der Waals surface area (Å²) in [6, 6.07) is 25.9. The van der Waals surface area contributed by atoms with Crippen LogP contribution in [0.25, 0.3) is 10.9 Å². The third kappa shape index (κ3) is 17.9. The summed E-state index contributed by atoms with van der Waals surface area (Å²) in [5.41, 5.74) is 3.56. The van der Waals surface area contributed by atoms with Crippen molar-refractivity contribution in [1.82, 2.24) is 41.8 Å². The fourth-order valence-electron chi connectivity index (χ4n) is 9.60. The fourth-order valence-corrected chi connectivity index (χ4v) is 9.60. The minimum Gasteiger partial charge on any atom is -0.461 e. The van der Waals surface area contributed by atoms with Crippen LogP contribution in [-0.4, -0.2) is 119 Å². The second kappa shape index (κ2) is 29.5. The Hall–Kier alpha value is -8.75. The van der Waals surface area contributed by atoms with Crippen molar-refractivity contribution in [1.29, 1.82) is 0 Å². The maximum atomic E-state index is 15.2. The number of esters is 2. The maximum absolute atomic E-state index is 15.2. The van der Waals surface area contributed by atoms with Crippen LogP contribution < -0.4 is 31.9 Å². The number of nitrogens with zero attached hydrogens (tertiary/aromatic N) is 1. The molecule has 0 spiro atoms. The molecule has 0 aliphatic carbocycles. The first-order valence-electron chi connectivity index (χ1n) is 27.4. The quantitative estimate of drug-likeness (QED) is 0.0276. The summed E-state index contributed by atoms with van der Waals surface area (Å²) in [5, 5.41) is 17.2. The number of unbranched alkanes of at least 4 members (excludes halogenated alkanes) is 1. The molecular formula is C60H72N8O13. The van der Waals surface area contributed by atoms with Crippen LogP contribution in [0.1, 0.15) is 88.5 Å². The third-order valence-electron chi connectivity index (χ3n) is 13.9. The summed E-state index contributed by atoms with van der Waals surface area (Å²) >= 11 is 0. The molecule has 7 atom stereocenters. The number of fused-ring (bicyclic) bond motifs is 2. The number of ether oxygens (including phenoxy) is 4. The molecule has 7 rings (SSSR count). The molecule has 2 aliphatic rings. The molecule has 0 radical (unpaired) electrons. The van der Waals surface area contributed by atoms with Gasteiger partial charge in [0.1, 0.15) is 62.2 Å². The number of benzene rings is 4. The Morgan fingerprint density at radius 2 is 1.20 bits per heavy atom. The van der Waals surface area contributed by atoms with E-state index in [2.05, 4.69) is 36.9 Å². The van der Waals surface area contributed by atoms with Crippen LogP contribution in [0.3, 0.4) is 0 Å². The van der Waals surface area contributed by atoms with Gasteiger partial charge in [-0.05, 0) is 65.8 Å². The van der Waals surface area contributed by atoms with E-state index in [1.807, 2.05) is 74.5 Å². The number of aromatic amines is 1. The van der Waals surface area contributed by atoms with Gasteiger partial charge in [-0.1, -0.05) is 137 Å². The molecule has 430 valence electrons. The van der Waals surface area contributed by atoms with Gasteiger partial charge in [0.2, 0.25) is 29.5 Å². The molecule has 0 unspecified atom stereocenters. The van der Waals surface area contributed by atoms with E-state index in [0.29, 0.717) is 23.1 Å². The second-order valence-electron chi connectivity index (χ2n) is 21.0. The van der Waals surface area contributed by atoms with E-state index < -0.39 is 115 Å². The monoisotopic (exact) mass is 1110 g/mol. The molecule has 3 heterocycles. The van der Waals surface area contributed by atoms with Crippen LogP contribution in [-0.2, 0) is 78.8 Å². The molecule has 2 fully saturated rings. The number of hydrogen-bond acceptors (Lipinski definition) is 13. The number of aromatic nitrogens is 1. The molecule has 0 bridgehead atoms. The number of carbonyl (C=O) groups is 9. The minimum absolute atomic E-state index is 0.0116. The van der Waals surface area contributed by atoms with E-state index in [-0.39, 0.29) is 64.4 Å². The van der Waals surface area contributed by atoms with E-state index >= 15 is 4.79 Å². The van der Waals surface area contributed by atoms with E-state index in [1.54, 1.807) is 74.6 Å². The van der Waals surface area contributed by atoms with Gasteiger partial charge in [0.25, 0.3) is 0 Å². The number of nitrogens with one attached hydrogen (secondary N) is 7. The molecule has 2 aliphatic heterocycles. The number of amides is 7. The number of carbonyl (C=O) groups excluding carboxylic acids is 9. The van der Waals surface area contributed by atoms with E-state index in [0.717, 1.165) is 21.4 Å². The Kier molecular flexibility index (Phi) is 21.8. The van der Waals surface area contributed by atoms with Crippen molar-refractivity contribution in [2.45, 2.75) is 135 Å². The number of rotatable bonds is 21. The summed E-state index contributed by atoms with van der Waals surface area (Å²) in [4.78, 5) is 132. The normalized spacial score (nSPS) is 20.1. The summed E-state index contributed by atoms with van der Waals surface area (Å²) in [5.74, 6) is -6.48. The predicted octanol–water partition coefficient (Wildman–Crippen LogP) is 5.40. The molecule has 7 N–H and O–H groups in total. The van der Waals surface area contributed by atoms with Gasteiger partial charge in [-0.25, -0.2) is 14.4 Å². The van der Waals surface area contributed by atoms with E-state index in [1.165, 1.54) is 0 Å². The van der Waals surface area contributed by atoms with Gasteiger partial charge in [0.15, 0.2) is 0 Å². The van der Waals surface area contributed by atoms with Gasteiger partial charge >= 0.3 is 24.1 Å². The second-order valence-corrected chi connectivity index (χ2v) is 21.0. The first-order chi connectivity index (χ1) is 39.0. The van der Waals surface area contributed by atoms with Crippen LogP contribution >= 0.6 is 0 Å². The van der Waals surface area contributed by atoms with Crippen LogP contribution in [0.5, 0.6) is 0 Å². The fraction of sp³-hybridized carbons (Fsp3) is 0.417. The van der Waals surface area contributed by atoms with Crippen molar-refractivity contribution in [3.63, 3.8) is 0 Å². The van der Waals surface area contributed by atoms with Crippen molar-refractivity contribution < 1.29 is 62.1 Å². The standard InChI is InChI=1S/C60H72N8O13/c1-37(2)28-47-53(70)63-48(29-42-32-62-45-25-15-14-24-44(42)45)54(71)65-49(31-51(69)78-34-39-18-8-5-9-19-39)57(74)68-33-43(30-50(68)55(72)67-52(38(3)4)56(73)64-47)81-58(75)46(66-60(77)80-36-41-22-12-7-13-23-41)26-16-17-27-61-59(76)79-35-40-20-10-6-11-21-40/h5-15,18-25,32,37-38,43,46-50,52,62H,16-17,26-31,33-36H2,1-4H3,(H,61,76)(H,63,70)(H,64,73)(H,65,71)(H,66,77)(H,67,72)/t43-,46+,47+,48-,49-,50+,52-/m1/s1. The van der Waals surface area contributed by atoms with Gasteiger partial charge in [0.05, 0.1) is 13.0 Å². The lowest BCUT2D eigenvalue weighted by atomic mass is 9.98. The Balaban J connectivity index is 1.16. The maximum Gasteiger partial charge on any atom is 0.408 e. The summed E-state index contributed by atoms with van der Waals surface area (Å²) in [7, 11) is 0. The highest BCUT2D eigenvalue weighted by Crippen LogP contribution is 2.26. The first kappa shape index (κ1) is 59.9. The van der Waals surface area contributed by atoms with Gasteiger partial charge in [-0.2, -0.15) is 0 Å². The molecule has 5 aromatic rings. The molecule has 81 heavy (non-hydrogen) atoms. The molecule has 4 aromatic carbocycles. The third-order valence-corrected chi connectivity index (χ3v) is 13.9. The average Bonchev–Trinajstić information content (AvgIpc) is 4.32. The largest absolute Gasteiger partial charge is 0.461 e. The first-order valence-corrected chi connectivity index (χ1v) is 27.4. The van der Waals surface area contributed by atoms with Gasteiger partial charge in [-0.15, -0.1) is 0 Å². The zero-order chi connectivity index (χ0) is 57.8. The van der Waals surface area contributed by atoms with Crippen molar-refractivity contribution in [3.8, 4) is 0 Å². The summed E-state index contributed by atoms with van der Waals surface area (Å²) in [6.07, 6.45) is -1.39. The van der Waals surface area contributed by atoms with Crippen molar-refractivity contribution in [2.24, 2.45) is 11.8 Å². The predicted molar refractivity (Wildman–Crippen MR) is 297 cm³/mol. The molecule has 21 heteroatoms. The zero-order valence-electron chi connectivity index (χ0n) is 46.0. The van der Waals surface area contributed by atoms with Gasteiger partial charge in [-0.3, -0.25) is 28.8 Å². The topological polar surface area (TPSA) is 282 Å². The molecular weight excluding hydrogens is 1040 g/mol. The number of H-pyrrole nitrogens is 1. The van der Waals surface area contributed by atoms with Crippen molar-refractivity contribution in [3.05, 3.63) is 144 Å². The number of para-hydroxylation sites is 1. The minimum atomic E-state index is -1.71. The SMILES string of the molecule is CC(C)C[C@@H]1NC(=O)[C@@H](C(C)C)NC(=O)[C@@H]2C[C@@H](OC(=O)[C@H](CCCCNC(=O)OCc3ccccc3)NC(=O)OCc3ccccc3)CN2C(=O)[C@@H](CC(=O)OCc2ccccc2)NC(=O)[C@@H](Cc2c[nH]c3ccccc23)NC1=O. The lowest BCUT2D eigenvalue weighted by Crippen LogP contribution is -2.59. The van der Waals surface area contributed by atoms with E-state index in [4.69, 9.17) is 18.9 Å². The average molecular weight is 1110 g/mol. The number of alkyl carbamates (subject to hydrolysis) is 2. The Morgan fingerprint density at radius 1 is 0.630 bits per heavy atom.